The third-order valence-electron chi connectivity index (χ3n) is 2.35. The molecule has 0 aliphatic rings. The molecule has 0 heterocycles. The molecule has 0 aromatic heterocycles. The standard InChI is InChI=1S/C13H20BrNO2/c1-3-15-8-13(10-16-2)17-9-11-5-4-6-12(14)7-11/h4-7,13,15H,3,8-10H2,1-2H3. The minimum Gasteiger partial charge on any atom is -0.382 e. The lowest BCUT2D eigenvalue weighted by Crippen LogP contribution is -2.32. The molecular weight excluding hydrogens is 282 g/mol. The first-order valence-corrected chi connectivity index (χ1v) is 6.61. The third-order valence-corrected chi connectivity index (χ3v) is 2.84. The van der Waals surface area contributed by atoms with Crippen molar-refractivity contribution in [1.82, 2.24) is 5.32 Å². The van der Waals surface area contributed by atoms with Crippen LogP contribution < -0.4 is 5.32 Å². The maximum atomic E-state index is 5.82. The average Bonchev–Trinajstić information content (AvgIpc) is 2.33. The number of nitrogens with one attached hydrogen (secondary N) is 1. The van der Waals surface area contributed by atoms with Gasteiger partial charge in [-0.25, -0.2) is 0 Å². The summed E-state index contributed by atoms with van der Waals surface area (Å²) in [6.45, 7) is 5.07. The Morgan fingerprint density at radius 3 is 2.88 bits per heavy atom. The molecule has 0 radical (unpaired) electrons. The Balaban J connectivity index is 2.39. The first-order valence-electron chi connectivity index (χ1n) is 5.82. The molecule has 0 saturated carbocycles. The summed E-state index contributed by atoms with van der Waals surface area (Å²) >= 11 is 3.45. The van der Waals surface area contributed by atoms with E-state index in [0.717, 1.165) is 23.1 Å². The molecule has 17 heavy (non-hydrogen) atoms. The number of likely N-dealkylation sites (N-methyl/N-ethyl adjacent to an activating group) is 1. The summed E-state index contributed by atoms with van der Waals surface area (Å²) < 4.78 is 12.0. The Morgan fingerprint density at radius 1 is 1.41 bits per heavy atom. The van der Waals surface area contributed by atoms with Crippen LogP contribution in [0.2, 0.25) is 0 Å². The SMILES string of the molecule is CCNCC(COC)OCc1cccc(Br)c1. The van der Waals surface area contributed by atoms with Crippen LogP contribution in [0.25, 0.3) is 0 Å². The van der Waals surface area contributed by atoms with Crippen molar-refractivity contribution >= 4 is 15.9 Å². The highest BCUT2D eigenvalue weighted by Gasteiger charge is 2.08. The van der Waals surface area contributed by atoms with Crippen LogP contribution in [0.15, 0.2) is 28.7 Å². The summed E-state index contributed by atoms with van der Waals surface area (Å²) in [6.07, 6.45) is 0.0962. The minimum absolute atomic E-state index is 0.0962. The molecule has 0 amide bonds. The summed E-state index contributed by atoms with van der Waals surface area (Å²) in [7, 11) is 1.70. The molecule has 96 valence electrons. The summed E-state index contributed by atoms with van der Waals surface area (Å²) in [5.41, 5.74) is 1.16. The molecule has 4 heteroatoms. The molecule has 0 aliphatic heterocycles. The highest BCUT2D eigenvalue weighted by atomic mass is 79.9. The molecule has 0 aliphatic carbocycles. The predicted molar refractivity (Wildman–Crippen MR) is 73.1 cm³/mol. The molecule has 1 aromatic carbocycles. The number of halogens is 1. The maximum absolute atomic E-state index is 5.82. The van der Waals surface area contributed by atoms with Gasteiger partial charge in [0.15, 0.2) is 0 Å². The maximum Gasteiger partial charge on any atom is 0.0936 e. The summed E-state index contributed by atoms with van der Waals surface area (Å²) in [6, 6.07) is 8.14. The molecule has 0 saturated heterocycles. The molecule has 1 aromatic rings. The van der Waals surface area contributed by atoms with Gasteiger partial charge in [0.25, 0.3) is 0 Å². The van der Waals surface area contributed by atoms with E-state index in [-0.39, 0.29) is 6.10 Å². The number of ether oxygens (including phenoxy) is 2. The number of rotatable bonds is 8. The zero-order chi connectivity index (χ0) is 12.5. The molecule has 1 unspecified atom stereocenters. The van der Waals surface area contributed by atoms with Crippen LogP contribution in [0.3, 0.4) is 0 Å². The fourth-order valence-corrected chi connectivity index (χ4v) is 1.94. The molecule has 1 atom stereocenters. The van der Waals surface area contributed by atoms with E-state index in [1.807, 2.05) is 12.1 Å². The van der Waals surface area contributed by atoms with Crippen LogP contribution >= 0.6 is 15.9 Å². The number of hydrogen-bond donors (Lipinski definition) is 1. The van der Waals surface area contributed by atoms with E-state index in [0.29, 0.717) is 13.2 Å². The van der Waals surface area contributed by atoms with Gasteiger partial charge in [0, 0.05) is 18.1 Å². The smallest absolute Gasteiger partial charge is 0.0936 e. The van der Waals surface area contributed by atoms with Crippen molar-refractivity contribution in [3.8, 4) is 0 Å². The molecule has 1 N–H and O–H groups in total. The monoisotopic (exact) mass is 301 g/mol. The average molecular weight is 302 g/mol. The normalized spacial score (nSPS) is 12.6. The first kappa shape index (κ1) is 14.6. The quantitative estimate of drug-likeness (QED) is 0.800. The number of benzene rings is 1. The Morgan fingerprint density at radius 2 is 2.24 bits per heavy atom. The Hall–Kier alpha value is -0.420. The van der Waals surface area contributed by atoms with E-state index in [4.69, 9.17) is 9.47 Å². The third kappa shape index (κ3) is 6.17. The topological polar surface area (TPSA) is 30.5 Å². The van der Waals surface area contributed by atoms with Crippen LogP contribution in [0, 0.1) is 0 Å². The molecule has 3 nitrogen and oxygen atoms in total. The fraction of sp³-hybridized carbons (Fsp3) is 0.538. The van der Waals surface area contributed by atoms with E-state index in [1.165, 1.54) is 0 Å². The van der Waals surface area contributed by atoms with Gasteiger partial charge in [0.1, 0.15) is 0 Å². The van der Waals surface area contributed by atoms with Gasteiger partial charge in [0.05, 0.1) is 19.3 Å². The second kappa shape index (κ2) is 8.64. The lowest BCUT2D eigenvalue weighted by atomic mass is 10.2. The van der Waals surface area contributed by atoms with Crippen molar-refractivity contribution in [2.75, 3.05) is 26.8 Å². The number of hydrogen-bond acceptors (Lipinski definition) is 3. The van der Waals surface area contributed by atoms with Gasteiger partial charge in [-0.05, 0) is 24.2 Å². The Kier molecular flexibility index (Phi) is 7.44. The van der Waals surface area contributed by atoms with Crippen molar-refractivity contribution in [3.63, 3.8) is 0 Å². The van der Waals surface area contributed by atoms with Crippen LogP contribution in [0.1, 0.15) is 12.5 Å². The lowest BCUT2D eigenvalue weighted by Gasteiger charge is -2.17. The van der Waals surface area contributed by atoms with Gasteiger partial charge in [-0.2, -0.15) is 0 Å². The van der Waals surface area contributed by atoms with E-state index in [1.54, 1.807) is 7.11 Å². The molecular formula is C13H20BrNO2. The van der Waals surface area contributed by atoms with Gasteiger partial charge in [-0.1, -0.05) is 35.0 Å². The second-order valence-corrected chi connectivity index (χ2v) is 4.74. The zero-order valence-corrected chi connectivity index (χ0v) is 12.0. The second-order valence-electron chi connectivity index (χ2n) is 3.83. The highest BCUT2D eigenvalue weighted by Crippen LogP contribution is 2.13. The van der Waals surface area contributed by atoms with E-state index >= 15 is 0 Å². The van der Waals surface area contributed by atoms with Crippen molar-refractivity contribution in [1.29, 1.82) is 0 Å². The molecule has 0 spiro atoms. The summed E-state index contributed by atoms with van der Waals surface area (Å²) in [5.74, 6) is 0. The largest absolute Gasteiger partial charge is 0.382 e. The van der Waals surface area contributed by atoms with Crippen LogP contribution in [0.4, 0.5) is 0 Å². The van der Waals surface area contributed by atoms with Gasteiger partial charge in [0.2, 0.25) is 0 Å². The van der Waals surface area contributed by atoms with Gasteiger partial charge >= 0.3 is 0 Å². The van der Waals surface area contributed by atoms with Crippen molar-refractivity contribution in [2.24, 2.45) is 0 Å². The van der Waals surface area contributed by atoms with E-state index < -0.39 is 0 Å². The van der Waals surface area contributed by atoms with Gasteiger partial charge in [-0.3, -0.25) is 0 Å². The molecule has 0 bridgehead atoms. The predicted octanol–water partition coefficient (Wildman–Crippen LogP) is 2.59. The van der Waals surface area contributed by atoms with Gasteiger partial charge < -0.3 is 14.8 Å². The van der Waals surface area contributed by atoms with E-state index in [9.17, 15) is 0 Å². The van der Waals surface area contributed by atoms with Crippen molar-refractivity contribution in [3.05, 3.63) is 34.3 Å². The van der Waals surface area contributed by atoms with E-state index in [2.05, 4.69) is 40.3 Å². The Bertz CT molecular complexity index is 320. The first-order chi connectivity index (χ1) is 8.26. The van der Waals surface area contributed by atoms with Crippen LogP contribution in [-0.2, 0) is 16.1 Å². The lowest BCUT2D eigenvalue weighted by molar-refractivity contribution is -0.00986. The van der Waals surface area contributed by atoms with Crippen LogP contribution in [0.5, 0.6) is 0 Å². The Labute approximate surface area is 112 Å². The fourth-order valence-electron chi connectivity index (χ4n) is 1.50. The van der Waals surface area contributed by atoms with Crippen molar-refractivity contribution in [2.45, 2.75) is 19.6 Å². The summed E-state index contributed by atoms with van der Waals surface area (Å²) in [4.78, 5) is 0. The molecule has 0 fully saturated rings. The van der Waals surface area contributed by atoms with Gasteiger partial charge in [-0.15, -0.1) is 0 Å². The summed E-state index contributed by atoms with van der Waals surface area (Å²) in [5, 5.41) is 3.27. The minimum atomic E-state index is 0.0962. The highest BCUT2D eigenvalue weighted by molar-refractivity contribution is 9.10. The number of methoxy groups -OCH3 is 1. The zero-order valence-electron chi connectivity index (χ0n) is 10.4. The van der Waals surface area contributed by atoms with Crippen LogP contribution in [-0.4, -0.2) is 32.9 Å². The van der Waals surface area contributed by atoms with Crippen molar-refractivity contribution < 1.29 is 9.47 Å². The molecule has 1 rings (SSSR count).